The van der Waals surface area contributed by atoms with Gasteiger partial charge in [-0.1, -0.05) is 198 Å². The molecule has 6 aliphatic rings. The molecule has 0 saturated heterocycles. The van der Waals surface area contributed by atoms with Gasteiger partial charge < -0.3 is 50.2 Å². The molecule has 4 amide bonds. The Kier molecular flexibility index (Phi) is 18.3. The summed E-state index contributed by atoms with van der Waals surface area (Å²) in [6.45, 7) is 8.49. The number of rotatable bonds is 20. The van der Waals surface area contributed by atoms with Gasteiger partial charge in [-0.25, -0.2) is 9.97 Å². The van der Waals surface area contributed by atoms with Crippen molar-refractivity contribution in [2.45, 2.75) is 75.0 Å². The third-order valence-electron chi connectivity index (χ3n) is 23.6. The molecule has 1 radical (unpaired) electrons. The van der Waals surface area contributed by atoms with Crippen molar-refractivity contribution >= 4 is 92.7 Å². The van der Waals surface area contributed by atoms with Gasteiger partial charge in [-0.05, 0) is 132 Å². The number of nitrogens with one attached hydrogen (secondary N) is 4. The second-order valence-electron chi connectivity index (χ2n) is 30.0. The van der Waals surface area contributed by atoms with E-state index in [0.29, 0.717) is 161 Å². The zero-order valence-electron chi connectivity index (χ0n) is 61.6. The fraction of sp³-hybridized carbons (Fsp3) is 0.217. The van der Waals surface area contributed by atoms with Crippen LogP contribution in [-0.2, 0) is 57.6 Å². The first-order valence-corrected chi connectivity index (χ1v) is 36.7. The Morgan fingerprint density at radius 2 is 0.523 bits per heavy atom. The Labute approximate surface area is 643 Å². The fourth-order valence-corrected chi connectivity index (χ4v) is 16.8. The van der Waals surface area contributed by atoms with Crippen LogP contribution in [0.1, 0.15) is 98.4 Å². The van der Waals surface area contributed by atoms with Gasteiger partial charge in [0.05, 0.1) is 85.1 Å². The molecule has 0 unspecified atom stereocenters. The van der Waals surface area contributed by atoms with Crippen LogP contribution in [0, 0.1) is 23.7 Å². The van der Waals surface area contributed by atoms with Gasteiger partial charge in [-0.2, -0.15) is 0 Å². The number of carbonyl (C=O) groups is 4. The van der Waals surface area contributed by atoms with Gasteiger partial charge >= 0.3 is 16.8 Å². The van der Waals surface area contributed by atoms with Crippen molar-refractivity contribution in [2.24, 2.45) is 23.7 Å². The van der Waals surface area contributed by atoms with Crippen LogP contribution in [0.15, 0.2) is 218 Å². The molecule has 4 saturated carbocycles. The van der Waals surface area contributed by atoms with E-state index >= 15 is 19.2 Å². The van der Waals surface area contributed by atoms with E-state index in [1.807, 2.05) is 194 Å². The molecule has 2 aliphatic heterocycles. The van der Waals surface area contributed by atoms with Crippen molar-refractivity contribution in [3.05, 3.63) is 263 Å². The molecule has 0 spiro atoms. The Morgan fingerprint density at radius 3 is 0.752 bits per heavy atom. The number of amides is 4. The Balaban J connectivity index is 0.00000904. The molecular formula is C92H80CoN8O8. The number of fused-ring (bicyclic) bond motifs is 8. The van der Waals surface area contributed by atoms with Gasteiger partial charge in [-0.15, -0.1) is 22.1 Å². The molecule has 109 heavy (non-hydrogen) atoms. The minimum atomic E-state index is -0.426. The summed E-state index contributed by atoms with van der Waals surface area (Å²) < 4.78 is 25.1. The largest absolute Gasteiger partial charge is 2.00 e. The van der Waals surface area contributed by atoms with E-state index < -0.39 is 21.7 Å². The Hall–Kier alpha value is -12.1. The Morgan fingerprint density at radius 1 is 0.303 bits per heavy atom. The number of ether oxygens (including phenoxy) is 4. The first-order chi connectivity index (χ1) is 52.5. The number of nitrogens with zero attached hydrogens (tertiary/aromatic N) is 4. The van der Waals surface area contributed by atoms with Crippen molar-refractivity contribution in [1.82, 2.24) is 19.9 Å². The summed E-state index contributed by atoms with van der Waals surface area (Å²) >= 11 is 0. The molecule has 16 nitrogen and oxygen atoms in total. The van der Waals surface area contributed by atoms with Crippen molar-refractivity contribution in [3.63, 3.8) is 0 Å². The third-order valence-corrected chi connectivity index (χ3v) is 23.6. The molecule has 545 valence electrons. The van der Waals surface area contributed by atoms with Crippen molar-refractivity contribution in [3.8, 4) is 67.5 Å². The molecule has 4 N–H and O–H groups in total. The van der Waals surface area contributed by atoms with Gasteiger partial charge in [0, 0.05) is 67.6 Å². The number of aromatic nitrogens is 4. The zero-order chi connectivity index (χ0) is 74.4. The van der Waals surface area contributed by atoms with Crippen LogP contribution in [-0.4, -0.2) is 62.0 Å². The van der Waals surface area contributed by atoms with Crippen molar-refractivity contribution < 1.29 is 54.9 Å². The second kappa shape index (κ2) is 27.9. The van der Waals surface area contributed by atoms with E-state index in [-0.39, 0.29) is 64.1 Å². The summed E-state index contributed by atoms with van der Waals surface area (Å²) in [4.78, 5) is 83.8. The maximum Gasteiger partial charge on any atom is 2.00 e. The molecule has 5 heterocycles. The molecular weight excluding hydrogens is 1400 g/mol. The van der Waals surface area contributed by atoms with Gasteiger partial charge in [0.15, 0.2) is 0 Å². The fourth-order valence-electron chi connectivity index (χ4n) is 16.8. The Bertz CT molecular complexity index is 5160. The summed E-state index contributed by atoms with van der Waals surface area (Å²) in [6.07, 6.45) is 10.2. The third kappa shape index (κ3) is 12.5. The molecule has 3 aromatic heterocycles. The second-order valence-corrected chi connectivity index (χ2v) is 30.0. The summed E-state index contributed by atoms with van der Waals surface area (Å²) in [7, 11) is 6.42. The maximum atomic E-state index is 15.2. The van der Waals surface area contributed by atoms with Crippen LogP contribution in [0.5, 0.6) is 23.0 Å². The smallest absolute Gasteiger partial charge is 0.657 e. The molecule has 4 fully saturated rings. The molecule has 8 atom stereocenters. The van der Waals surface area contributed by atoms with Crippen LogP contribution in [0.25, 0.3) is 90.9 Å². The number of hydrogen-bond donors (Lipinski definition) is 4. The number of hydrogen-bond acceptors (Lipinski definition) is 10. The average Bonchev–Trinajstić information content (AvgIpc) is 1.59. The minimum Gasteiger partial charge on any atom is -0.657 e. The predicted octanol–water partition coefficient (Wildman–Crippen LogP) is 18.3. The van der Waals surface area contributed by atoms with Gasteiger partial charge in [0.1, 0.15) is 23.0 Å². The van der Waals surface area contributed by atoms with E-state index in [1.54, 1.807) is 28.4 Å². The molecule has 4 aliphatic carbocycles. The zero-order valence-corrected chi connectivity index (χ0v) is 62.7. The number of benzene rings is 8. The standard InChI is InChI=1S/C92H82N8O8.Co/c1-89(53-25-13-9-14-26-53)49-57(89)85(101)97-61-33-21-34-62(98-86(102)58-50-90(58,2)54-27-15-10-16-28-54)77(61)79-65-41-45-69(93-65)81(83-73(105-5)37-23-38-74(83)106-6)71-47-43-67(95-71)80(68-44-48-72(96-68)82(70-46-42-66(79)94-70)84-75(107-7)39-24-40-76(84)108-8)78-63(99-87(103)59-51-91(59,3)55-29-17-11-18-30-55)35-22-36-64(78)100-88(104)60-52-92(60,4)56-31-19-12-20-32-56;/h9-48,57-60H,49-52H2,1-8H3,(H6,93,94,95,96,97,98,99,100,101,102,103,104);/q;+2/p-2/t57-,58-,59-,60-,89-,90+,91-,92+;/m1./s1. The van der Waals surface area contributed by atoms with Crippen LogP contribution >= 0.6 is 0 Å². The van der Waals surface area contributed by atoms with Gasteiger partial charge in [0.2, 0.25) is 23.6 Å². The number of carbonyl (C=O) groups excluding carboxylic acids is 4. The van der Waals surface area contributed by atoms with Gasteiger partial charge in [-0.3, -0.25) is 19.2 Å². The van der Waals surface area contributed by atoms with E-state index in [9.17, 15) is 0 Å². The quantitative estimate of drug-likeness (QED) is 0.0562. The van der Waals surface area contributed by atoms with Crippen molar-refractivity contribution in [2.75, 3.05) is 49.7 Å². The molecule has 11 aromatic rings. The van der Waals surface area contributed by atoms with Crippen LogP contribution in [0.2, 0.25) is 0 Å². The van der Waals surface area contributed by atoms with E-state index in [4.69, 9.17) is 38.9 Å². The van der Waals surface area contributed by atoms with E-state index in [0.717, 1.165) is 22.3 Å². The van der Waals surface area contributed by atoms with E-state index in [1.165, 1.54) is 0 Å². The SMILES string of the molecule is COc1cccc(OC)c1-c1c2nc(c(-c3c(NC(=O)[C@H]4C[C@@]4(C)c4ccccc4)cccc3NC(=O)[C@H]3C[C@]3(C)c3ccccc3)c3ccc([n-]3)c(-c3c(OC)cccc3OC)c3nc(c(-c4c(NC(=O)[C@H]5C[C@@]5(C)c5ccccc5)cccc4NC(=O)[C@H]4C[C@]4(C)c4ccccc4)c4ccc1[n-]4)C=C3)C=C2.[Co+2]. The van der Waals surface area contributed by atoms with Crippen LogP contribution in [0.3, 0.4) is 0 Å². The topological polar surface area (TPSA) is 207 Å². The van der Waals surface area contributed by atoms with Crippen LogP contribution in [0.4, 0.5) is 22.7 Å². The van der Waals surface area contributed by atoms with Crippen molar-refractivity contribution in [1.29, 1.82) is 0 Å². The minimum absolute atomic E-state index is 0. The van der Waals surface area contributed by atoms with E-state index in [2.05, 4.69) is 97.5 Å². The first kappa shape index (κ1) is 71.2. The summed E-state index contributed by atoms with van der Waals surface area (Å²) in [6, 6.07) is 70.5. The first-order valence-electron chi connectivity index (χ1n) is 36.7. The molecule has 8 bridgehead atoms. The number of anilines is 4. The van der Waals surface area contributed by atoms with Crippen LogP contribution < -0.4 is 50.2 Å². The predicted molar refractivity (Wildman–Crippen MR) is 427 cm³/mol. The number of methoxy groups -OCH3 is 4. The monoisotopic (exact) mass is 1480 g/mol. The normalized spacial score (nSPS) is 21.6. The molecule has 8 aromatic carbocycles. The van der Waals surface area contributed by atoms with Gasteiger partial charge in [0.25, 0.3) is 0 Å². The molecule has 17 heteroatoms. The summed E-state index contributed by atoms with van der Waals surface area (Å²) in [5.74, 6) is -0.380. The summed E-state index contributed by atoms with van der Waals surface area (Å²) in [5.41, 5.74) is 11.8. The summed E-state index contributed by atoms with van der Waals surface area (Å²) in [5, 5.41) is 13.7. The molecule has 17 rings (SSSR count). The maximum absolute atomic E-state index is 15.2. The average molecular weight is 1480 g/mol.